The predicted molar refractivity (Wildman–Crippen MR) is 199 cm³/mol. The molecule has 0 aromatic heterocycles. The maximum absolute atomic E-state index is 15.1. The normalized spacial score (nSPS) is 31.1. The molecule has 7 fully saturated rings. The van der Waals surface area contributed by atoms with Crippen LogP contribution in [0.1, 0.15) is 150 Å². The number of ketones is 3. The maximum atomic E-state index is 15.1. The Bertz CT molecular complexity index is 1440. The molecule has 2 saturated heterocycles. The predicted octanol–water partition coefficient (Wildman–Crippen LogP) is 6.43. The SMILES string of the molecule is CC(C)(C)[C@H](CC(=O)CC1(CN2CCOC3(CC3)C2)CCCCC1)C(=O)N1C[C@]2(C[C@H]1C(=O)CC(CC1CCC1)C(=O)C(N)=O)C(C)(C)C21CCC1. The largest absolute Gasteiger partial charge is 0.372 e. The van der Waals surface area contributed by atoms with Crippen molar-refractivity contribution in [3.8, 4) is 0 Å². The van der Waals surface area contributed by atoms with Gasteiger partial charge in [-0.15, -0.1) is 0 Å². The van der Waals surface area contributed by atoms with Crippen LogP contribution in [0.2, 0.25) is 0 Å². The zero-order valence-corrected chi connectivity index (χ0v) is 33.0. The van der Waals surface area contributed by atoms with E-state index >= 15 is 4.79 Å². The summed E-state index contributed by atoms with van der Waals surface area (Å²) >= 11 is 0. The number of carbonyl (C=O) groups is 5. The molecule has 0 aromatic rings. The molecule has 9 nitrogen and oxygen atoms in total. The molecule has 5 aliphatic carbocycles. The van der Waals surface area contributed by atoms with E-state index in [1.54, 1.807) is 0 Å². The van der Waals surface area contributed by atoms with Crippen molar-refractivity contribution in [2.45, 2.75) is 162 Å². The van der Waals surface area contributed by atoms with Gasteiger partial charge >= 0.3 is 0 Å². The Balaban J connectivity index is 1.11. The van der Waals surface area contributed by atoms with E-state index in [1.807, 2.05) is 4.90 Å². The lowest BCUT2D eigenvalue weighted by molar-refractivity contribution is -0.147. The van der Waals surface area contributed by atoms with E-state index in [9.17, 15) is 19.2 Å². The Kier molecular flexibility index (Phi) is 9.95. The highest BCUT2D eigenvalue weighted by atomic mass is 16.5. The number of fused-ring (bicyclic) bond motifs is 1. The molecule has 1 unspecified atom stereocenters. The summed E-state index contributed by atoms with van der Waals surface area (Å²) in [7, 11) is 0. The number of carbonyl (C=O) groups excluding carboxylic acids is 5. The lowest BCUT2D eigenvalue weighted by Crippen LogP contribution is -2.50. The van der Waals surface area contributed by atoms with Crippen molar-refractivity contribution in [3.05, 3.63) is 0 Å². The maximum Gasteiger partial charge on any atom is 0.285 e. The van der Waals surface area contributed by atoms with Crippen molar-refractivity contribution in [1.29, 1.82) is 0 Å². The fourth-order valence-electron chi connectivity index (χ4n) is 12.5. The van der Waals surface area contributed by atoms with E-state index in [-0.39, 0.29) is 57.6 Å². The third-order valence-electron chi connectivity index (χ3n) is 16.3. The molecule has 0 bridgehead atoms. The molecule has 52 heavy (non-hydrogen) atoms. The van der Waals surface area contributed by atoms with Crippen LogP contribution >= 0.6 is 0 Å². The second-order valence-electron chi connectivity index (χ2n) is 20.6. The summed E-state index contributed by atoms with van der Waals surface area (Å²) in [4.78, 5) is 73.5. The van der Waals surface area contributed by atoms with Gasteiger partial charge in [-0.25, -0.2) is 0 Å². The van der Waals surface area contributed by atoms with Crippen molar-refractivity contribution < 1.29 is 28.7 Å². The summed E-state index contributed by atoms with van der Waals surface area (Å²) in [5.41, 5.74) is 4.96. The van der Waals surface area contributed by atoms with Crippen molar-refractivity contribution >= 4 is 29.2 Å². The first-order valence-electron chi connectivity index (χ1n) is 21.0. The zero-order chi connectivity index (χ0) is 37.3. The topological polar surface area (TPSA) is 127 Å². The minimum absolute atomic E-state index is 0.000858. The van der Waals surface area contributed by atoms with Crippen LogP contribution in [0.3, 0.4) is 0 Å². The number of likely N-dealkylation sites (tertiary alicyclic amines) is 1. The van der Waals surface area contributed by atoms with E-state index in [1.165, 1.54) is 12.8 Å². The first-order chi connectivity index (χ1) is 24.5. The minimum atomic E-state index is -0.979. The summed E-state index contributed by atoms with van der Waals surface area (Å²) < 4.78 is 6.11. The molecule has 3 spiro atoms. The summed E-state index contributed by atoms with van der Waals surface area (Å²) in [5, 5.41) is 0. The molecule has 2 amide bonds. The van der Waals surface area contributed by atoms with Gasteiger partial charge in [-0.2, -0.15) is 0 Å². The lowest BCUT2D eigenvalue weighted by atomic mass is 9.68. The lowest BCUT2D eigenvalue weighted by Gasteiger charge is -2.44. The van der Waals surface area contributed by atoms with Gasteiger partial charge in [0.1, 0.15) is 5.78 Å². The molecular weight excluding hydrogens is 654 g/mol. The number of hydrogen-bond acceptors (Lipinski definition) is 7. The van der Waals surface area contributed by atoms with E-state index in [2.05, 4.69) is 39.5 Å². The Morgan fingerprint density at radius 3 is 2.08 bits per heavy atom. The van der Waals surface area contributed by atoms with Crippen LogP contribution in [0.25, 0.3) is 0 Å². The van der Waals surface area contributed by atoms with Crippen LogP contribution in [-0.2, 0) is 28.7 Å². The molecule has 9 heteroatoms. The smallest absolute Gasteiger partial charge is 0.285 e. The number of rotatable bonds is 14. The molecule has 7 rings (SSSR count). The summed E-state index contributed by atoms with van der Waals surface area (Å²) in [6.45, 7) is 14.9. The van der Waals surface area contributed by atoms with Crippen molar-refractivity contribution in [1.82, 2.24) is 9.80 Å². The monoisotopic (exact) mass is 722 g/mol. The highest BCUT2D eigenvalue weighted by molar-refractivity contribution is 6.36. The fourth-order valence-corrected chi connectivity index (χ4v) is 12.5. The highest BCUT2D eigenvalue weighted by Crippen LogP contribution is 2.88. The van der Waals surface area contributed by atoms with Crippen molar-refractivity contribution in [3.63, 3.8) is 0 Å². The number of amides is 2. The summed E-state index contributed by atoms with van der Waals surface area (Å²) in [6.07, 6.45) is 16.1. The summed E-state index contributed by atoms with van der Waals surface area (Å²) in [5.74, 6) is -2.65. The van der Waals surface area contributed by atoms with Crippen LogP contribution in [-0.4, -0.2) is 83.4 Å². The van der Waals surface area contributed by atoms with Crippen LogP contribution in [0.4, 0.5) is 0 Å². The second kappa shape index (κ2) is 13.6. The van der Waals surface area contributed by atoms with E-state index in [4.69, 9.17) is 10.5 Å². The third kappa shape index (κ3) is 6.64. The van der Waals surface area contributed by atoms with Gasteiger partial charge in [-0.1, -0.05) is 79.6 Å². The second-order valence-corrected chi connectivity index (χ2v) is 20.6. The Hall–Kier alpha value is -2.13. The van der Waals surface area contributed by atoms with E-state index in [0.29, 0.717) is 31.7 Å². The van der Waals surface area contributed by atoms with Gasteiger partial charge in [0.05, 0.1) is 18.2 Å². The van der Waals surface area contributed by atoms with Gasteiger partial charge in [0.25, 0.3) is 5.91 Å². The first-order valence-corrected chi connectivity index (χ1v) is 21.0. The number of nitrogens with zero attached hydrogens (tertiary/aromatic N) is 2. The molecule has 5 saturated carbocycles. The molecule has 290 valence electrons. The summed E-state index contributed by atoms with van der Waals surface area (Å²) in [6, 6.07) is -0.656. The molecule has 0 aromatic carbocycles. The van der Waals surface area contributed by atoms with Crippen LogP contribution in [0, 0.1) is 44.8 Å². The fraction of sp³-hybridized carbons (Fsp3) is 0.884. The molecule has 7 aliphatic rings. The average Bonchev–Trinajstić information content (AvgIpc) is 3.78. The molecular formula is C43H67N3O6. The number of Topliss-reactive ketones (excluding diaryl/α,β-unsaturated/α-hetero) is 3. The number of morpholine rings is 1. The van der Waals surface area contributed by atoms with Gasteiger partial charge in [0, 0.05) is 62.7 Å². The molecule has 2 N–H and O–H groups in total. The molecule has 2 aliphatic heterocycles. The highest BCUT2D eigenvalue weighted by Gasteiger charge is 2.85. The van der Waals surface area contributed by atoms with Crippen molar-refractivity contribution in [2.24, 2.45) is 50.6 Å². The van der Waals surface area contributed by atoms with Crippen LogP contribution in [0.5, 0.6) is 0 Å². The standard InChI is InChI=1S/C43H67N3O6/c1-38(2,3)32(23-31(47)24-40(13-7-6-8-14-40)26-45-19-20-52-41(27-45)17-18-41)37(51)46-28-43(39(4,5)42(43)15-10-16-42)25-33(46)34(48)22-30(35(49)36(44)50)21-29-11-9-12-29/h29-30,32-33H,6-28H2,1-5H3,(H2,44,50)/t30?,32-,33+,43-/m1/s1. The Labute approximate surface area is 312 Å². The number of hydrogen-bond donors (Lipinski definition) is 1. The molecule has 4 atom stereocenters. The quantitative estimate of drug-likeness (QED) is 0.205. The number of ether oxygens (including phenoxy) is 1. The van der Waals surface area contributed by atoms with Crippen LogP contribution < -0.4 is 5.73 Å². The van der Waals surface area contributed by atoms with Gasteiger partial charge in [-0.3, -0.25) is 28.9 Å². The van der Waals surface area contributed by atoms with Crippen LogP contribution in [0.15, 0.2) is 0 Å². The Morgan fingerprint density at radius 2 is 1.54 bits per heavy atom. The number of primary amides is 1. The Morgan fingerprint density at radius 1 is 0.846 bits per heavy atom. The average molecular weight is 722 g/mol. The number of nitrogens with two attached hydrogens (primary N) is 1. The van der Waals surface area contributed by atoms with Gasteiger partial charge < -0.3 is 15.4 Å². The van der Waals surface area contributed by atoms with Gasteiger partial charge in [0.2, 0.25) is 11.7 Å². The van der Waals surface area contributed by atoms with Crippen molar-refractivity contribution in [2.75, 3.05) is 32.8 Å². The van der Waals surface area contributed by atoms with E-state index in [0.717, 1.165) is 96.9 Å². The third-order valence-corrected chi connectivity index (χ3v) is 16.3. The van der Waals surface area contributed by atoms with Gasteiger partial charge in [0.15, 0.2) is 5.78 Å². The van der Waals surface area contributed by atoms with E-state index < -0.39 is 35.0 Å². The zero-order valence-electron chi connectivity index (χ0n) is 33.0. The molecule has 0 radical (unpaired) electrons. The first kappa shape index (κ1) is 38.2. The van der Waals surface area contributed by atoms with Gasteiger partial charge in [-0.05, 0) is 78.9 Å². The molecule has 2 heterocycles. The minimum Gasteiger partial charge on any atom is -0.372 e.